The van der Waals surface area contributed by atoms with Crippen molar-refractivity contribution < 1.29 is 4.79 Å². The number of aryl methyl sites for hydroxylation is 1. The SMILES string of the molecule is CCn1c(SCC(=O)N(C)Cc2ccc(C)cc2)nnc1-c1ccccc1. The van der Waals surface area contributed by atoms with Crippen LogP contribution >= 0.6 is 11.8 Å². The maximum Gasteiger partial charge on any atom is 0.233 e. The molecule has 0 N–H and O–H groups in total. The smallest absolute Gasteiger partial charge is 0.233 e. The molecule has 0 radical (unpaired) electrons. The van der Waals surface area contributed by atoms with Gasteiger partial charge in [0.1, 0.15) is 0 Å². The van der Waals surface area contributed by atoms with Crippen LogP contribution in [0.3, 0.4) is 0 Å². The Morgan fingerprint density at radius 2 is 1.78 bits per heavy atom. The first-order valence-corrected chi connectivity index (χ1v) is 9.98. The van der Waals surface area contributed by atoms with Crippen molar-refractivity contribution in [3.05, 3.63) is 65.7 Å². The Morgan fingerprint density at radius 3 is 2.44 bits per heavy atom. The molecule has 0 unspecified atom stereocenters. The minimum Gasteiger partial charge on any atom is -0.341 e. The van der Waals surface area contributed by atoms with Crippen molar-refractivity contribution in [2.24, 2.45) is 0 Å². The van der Waals surface area contributed by atoms with Crippen LogP contribution in [0, 0.1) is 6.92 Å². The Bertz CT molecular complexity index is 890. The summed E-state index contributed by atoms with van der Waals surface area (Å²) >= 11 is 1.43. The van der Waals surface area contributed by atoms with E-state index < -0.39 is 0 Å². The molecule has 0 atom stereocenters. The number of carbonyl (C=O) groups is 1. The minimum atomic E-state index is 0.0764. The summed E-state index contributed by atoms with van der Waals surface area (Å²) in [6.45, 7) is 5.48. The van der Waals surface area contributed by atoms with Gasteiger partial charge in [0.25, 0.3) is 0 Å². The Morgan fingerprint density at radius 1 is 1.07 bits per heavy atom. The Labute approximate surface area is 164 Å². The number of nitrogens with zero attached hydrogens (tertiary/aromatic N) is 4. The fraction of sp³-hybridized carbons (Fsp3) is 0.286. The minimum absolute atomic E-state index is 0.0764. The first kappa shape index (κ1) is 19.2. The van der Waals surface area contributed by atoms with Gasteiger partial charge in [-0.15, -0.1) is 10.2 Å². The third-order valence-corrected chi connectivity index (χ3v) is 5.31. The molecule has 0 saturated heterocycles. The van der Waals surface area contributed by atoms with Gasteiger partial charge in [0.15, 0.2) is 11.0 Å². The molecule has 0 bridgehead atoms. The Hall–Kier alpha value is -2.60. The van der Waals surface area contributed by atoms with E-state index >= 15 is 0 Å². The molecule has 140 valence electrons. The van der Waals surface area contributed by atoms with Crippen molar-refractivity contribution in [2.75, 3.05) is 12.8 Å². The number of thioether (sulfide) groups is 1. The van der Waals surface area contributed by atoms with Gasteiger partial charge in [-0.25, -0.2) is 0 Å². The monoisotopic (exact) mass is 380 g/mol. The molecule has 2 aromatic carbocycles. The third kappa shape index (κ3) is 4.77. The molecule has 3 aromatic rings. The van der Waals surface area contributed by atoms with E-state index in [9.17, 15) is 4.79 Å². The zero-order chi connectivity index (χ0) is 19.2. The van der Waals surface area contributed by atoms with E-state index in [2.05, 4.69) is 48.3 Å². The molecule has 0 aliphatic heterocycles. The second-order valence-corrected chi connectivity index (χ2v) is 7.38. The van der Waals surface area contributed by atoms with Gasteiger partial charge in [-0.05, 0) is 19.4 Å². The summed E-state index contributed by atoms with van der Waals surface area (Å²) in [4.78, 5) is 14.3. The van der Waals surface area contributed by atoms with Crippen LogP contribution in [-0.4, -0.2) is 38.4 Å². The van der Waals surface area contributed by atoms with Crippen LogP contribution in [0.25, 0.3) is 11.4 Å². The zero-order valence-corrected chi connectivity index (χ0v) is 16.7. The second-order valence-electron chi connectivity index (χ2n) is 6.44. The molecule has 1 amide bonds. The molecule has 5 nitrogen and oxygen atoms in total. The van der Waals surface area contributed by atoms with E-state index in [1.165, 1.54) is 17.3 Å². The summed E-state index contributed by atoms with van der Waals surface area (Å²) < 4.78 is 2.05. The molecule has 1 heterocycles. The molecule has 0 saturated carbocycles. The summed E-state index contributed by atoms with van der Waals surface area (Å²) in [5.74, 6) is 1.25. The van der Waals surface area contributed by atoms with Gasteiger partial charge in [-0.3, -0.25) is 4.79 Å². The number of amides is 1. The highest BCUT2D eigenvalue weighted by Gasteiger charge is 2.16. The van der Waals surface area contributed by atoms with Gasteiger partial charge in [0.2, 0.25) is 5.91 Å². The van der Waals surface area contributed by atoms with Crippen molar-refractivity contribution in [3.63, 3.8) is 0 Å². The molecule has 0 aliphatic rings. The molecular weight excluding hydrogens is 356 g/mol. The predicted molar refractivity (Wildman–Crippen MR) is 110 cm³/mol. The standard InChI is InChI=1S/C21H24N4OS/c1-4-25-20(18-8-6-5-7-9-18)22-23-21(25)27-15-19(26)24(3)14-17-12-10-16(2)11-13-17/h5-13H,4,14-15H2,1-3H3. The lowest BCUT2D eigenvalue weighted by Gasteiger charge is -2.17. The maximum atomic E-state index is 12.5. The van der Waals surface area contributed by atoms with Gasteiger partial charge in [0.05, 0.1) is 5.75 Å². The van der Waals surface area contributed by atoms with Gasteiger partial charge >= 0.3 is 0 Å². The van der Waals surface area contributed by atoms with Crippen LogP contribution < -0.4 is 0 Å². The lowest BCUT2D eigenvalue weighted by molar-refractivity contribution is -0.127. The second kappa shape index (κ2) is 8.86. The van der Waals surface area contributed by atoms with E-state index in [0.717, 1.165) is 28.7 Å². The van der Waals surface area contributed by atoms with Crippen molar-refractivity contribution in [1.82, 2.24) is 19.7 Å². The molecule has 3 rings (SSSR count). The van der Waals surface area contributed by atoms with E-state index in [-0.39, 0.29) is 5.91 Å². The number of hydrogen-bond donors (Lipinski definition) is 0. The summed E-state index contributed by atoms with van der Waals surface area (Å²) in [6.07, 6.45) is 0. The number of rotatable bonds is 7. The van der Waals surface area contributed by atoms with Crippen LogP contribution in [0.5, 0.6) is 0 Å². The van der Waals surface area contributed by atoms with Gasteiger partial charge in [-0.2, -0.15) is 0 Å². The van der Waals surface area contributed by atoms with Crippen LogP contribution in [-0.2, 0) is 17.9 Å². The average Bonchev–Trinajstić information content (AvgIpc) is 3.11. The van der Waals surface area contributed by atoms with E-state index in [1.807, 2.05) is 41.9 Å². The highest BCUT2D eigenvalue weighted by molar-refractivity contribution is 7.99. The molecular formula is C21H24N4OS. The normalized spacial score (nSPS) is 10.8. The fourth-order valence-corrected chi connectivity index (χ4v) is 3.72. The lowest BCUT2D eigenvalue weighted by Crippen LogP contribution is -2.27. The summed E-state index contributed by atoms with van der Waals surface area (Å²) in [5, 5.41) is 9.39. The number of benzene rings is 2. The molecule has 0 fully saturated rings. The third-order valence-electron chi connectivity index (χ3n) is 4.36. The van der Waals surface area contributed by atoms with Crippen LogP contribution in [0.2, 0.25) is 0 Å². The highest BCUT2D eigenvalue weighted by atomic mass is 32.2. The van der Waals surface area contributed by atoms with E-state index in [0.29, 0.717) is 12.3 Å². The summed E-state index contributed by atoms with van der Waals surface area (Å²) in [6, 6.07) is 18.2. The van der Waals surface area contributed by atoms with Crippen LogP contribution in [0.15, 0.2) is 59.8 Å². The van der Waals surface area contributed by atoms with Crippen molar-refractivity contribution in [3.8, 4) is 11.4 Å². The number of carbonyl (C=O) groups excluding carboxylic acids is 1. The Kier molecular flexibility index (Phi) is 6.29. The van der Waals surface area contributed by atoms with Crippen LogP contribution in [0.1, 0.15) is 18.1 Å². The van der Waals surface area contributed by atoms with Crippen molar-refractivity contribution in [2.45, 2.75) is 32.1 Å². The average molecular weight is 381 g/mol. The molecule has 6 heteroatoms. The van der Waals surface area contributed by atoms with Gasteiger partial charge in [-0.1, -0.05) is 71.9 Å². The first-order valence-electron chi connectivity index (χ1n) is 8.99. The Balaban J connectivity index is 1.63. The fourth-order valence-electron chi connectivity index (χ4n) is 2.77. The molecule has 27 heavy (non-hydrogen) atoms. The number of hydrogen-bond acceptors (Lipinski definition) is 4. The van der Waals surface area contributed by atoms with Crippen LogP contribution in [0.4, 0.5) is 0 Å². The maximum absolute atomic E-state index is 12.5. The lowest BCUT2D eigenvalue weighted by atomic mass is 10.1. The molecule has 1 aromatic heterocycles. The summed E-state index contributed by atoms with van der Waals surface area (Å²) in [7, 11) is 1.84. The van der Waals surface area contributed by atoms with Gasteiger partial charge in [0, 0.05) is 25.7 Å². The summed E-state index contributed by atoms with van der Waals surface area (Å²) in [5.41, 5.74) is 3.38. The quantitative estimate of drug-likeness (QED) is 0.581. The highest BCUT2D eigenvalue weighted by Crippen LogP contribution is 2.24. The first-order chi connectivity index (χ1) is 13.1. The van der Waals surface area contributed by atoms with E-state index in [4.69, 9.17) is 0 Å². The van der Waals surface area contributed by atoms with Crippen molar-refractivity contribution in [1.29, 1.82) is 0 Å². The number of aromatic nitrogens is 3. The topological polar surface area (TPSA) is 51.0 Å². The predicted octanol–water partition coefficient (Wildman–Crippen LogP) is 4.02. The van der Waals surface area contributed by atoms with Crippen molar-refractivity contribution >= 4 is 17.7 Å². The zero-order valence-electron chi connectivity index (χ0n) is 15.9. The van der Waals surface area contributed by atoms with Gasteiger partial charge < -0.3 is 9.47 Å². The largest absolute Gasteiger partial charge is 0.341 e. The molecule has 0 aliphatic carbocycles. The van der Waals surface area contributed by atoms with E-state index in [1.54, 1.807) is 4.90 Å². The molecule has 0 spiro atoms.